The van der Waals surface area contributed by atoms with Gasteiger partial charge in [-0.1, -0.05) is 65.8 Å². The molecule has 1 aromatic carbocycles. The van der Waals surface area contributed by atoms with Gasteiger partial charge in [-0.05, 0) is 33.9 Å². The lowest BCUT2D eigenvalue weighted by Gasteiger charge is -2.32. The minimum absolute atomic E-state index is 0.183. The van der Waals surface area contributed by atoms with E-state index in [9.17, 15) is 0 Å². The second-order valence-corrected chi connectivity index (χ2v) is 6.83. The first kappa shape index (κ1) is 14.0. The van der Waals surface area contributed by atoms with Crippen molar-refractivity contribution in [3.63, 3.8) is 0 Å². The minimum atomic E-state index is 0.183. The number of benzene rings is 1. The first-order valence-corrected chi connectivity index (χ1v) is 6.41. The van der Waals surface area contributed by atoms with Gasteiger partial charge in [0.05, 0.1) is 0 Å². The Morgan fingerprint density at radius 2 is 1.59 bits per heavy atom. The van der Waals surface area contributed by atoms with Crippen molar-refractivity contribution in [2.75, 3.05) is 0 Å². The molecule has 0 N–H and O–H groups in total. The van der Waals surface area contributed by atoms with Crippen LogP contribution in [0.3, 0.4) is 0 Å². The Bertz CT molecular complexity index is 397. The smallest absolute Gasteiger partial charge is 0.00971 e. The lowest BCUT2D eigenvalue weighted by atomic mass is 9.73. The van der Waals surface area contributed by atoms with Gasteiger partial charge >= 0.3 is 0 Å². The molecular weight excluding hydrogens is 204 g/mol. The molecule has 0 unspecified atom stereocenters. The number of hydrogen-bond acceptors (Lipinski definition) is 0. The molecule has 0 saturated heterocycles. The Hall–Kier alpha value is -1.04. The predicted octanol–water partition coefficient (Wildman–Crippen LogP) is 5.01. The molecule has 0 saturated carbocycles. The van der Waals surface area contributed by atoms with Crippen LogP contribution in [0.4, 0.5) is 0 Å². The Balaban J connectivity index is 3.51. The van der Waals surface area contributed by atoms with Crippen molar-refractivity contribution in [1.29, 1.82) is 0 Å². The summed E-state index contributed by atoms with van der Waals surface area (Å²) in [7, 11) is 0. The largest absolute Gasteiger partial charge is 0.103 e. The molecule has 0 spiro atoms. The fraction of sp³-hybridized carbons (Fsp3) is 0.529. The Morgan fingerprint density at radius 3 is 2.00 bits per heavy atom. The third kappa shape index (κ3) is 3.21. The summed E-state index contributed by atoms with van der Waals surface area (Å²) in [4.78, 5) is 0. The van der Waals surface area contributed by atoms with Gasteiger partial charge in [0.15, 0.2) is 0 Å². The molecule has 0 heteroatoms. The summed E-state index contributed by atoms with van der Waals surface area (Å²) in [5.74, 6) is 0. The van der Waals surface area contributed by atoms with Gasteiger partial charge in [0.25, 0.3) is 0 Å². The van der Waals surface area contributed by atoms with Crippen molar-refractivity contribution >= 4 is 0 Å². The predicted molar refractivity (Wildman–Crippen MR) is 77.7 cm³/mol. The summed E-state index contributed by atoms with van der Waals surface area (Å²) in [5.41, 5.74) is 4.75. The van der Waals surface area contributed by atoms with Gasteiger partial charge in [-0.25, -0.2) is 0 Å². The van der Waals surface area contributed by atoms with Gasteiger partial charge in [-0.3, -0.25) is 0 Å². The van der Waals surface area contributed by atoms with Gasteiger partial charge in [0.2, 0.25) is 0 Å². The second kappa shape index (κ2) is 4.68. The van der Waals surface area contributed by atoms with Crippen molar-refractivity contribution in [2.45, 2.75) is 58.8 Å². The highest BCUT2D eigenvalue weighted by Gasteiger charge is 2.26. The maximum Gasteiger partial charge on any atom is -0.00971 e. The zero-order valence-electron chi connectivity index (χ0n) is 12.2. The number of hydrogen-bond donors (Lipinski definition) is 0. The molecule has 0 amide bonds. The molecule has 1 rings (SSSR count). The van der Waals surface area contributed by atoms with E-state index >= 15 is 0 Å². The van der Waals surface area contributed by atoms with E-state index in [1.54, 1.807) is 0 Å². The standard InChI is InChI=1S/C17H26/c1-8-10-13-11-9-12-14(16(2,3)4)15(13)17(5,6)7/h8-9,11-12H,1,10H2,2-7H3. The molecule has 17 heavy (non-hydrogen) atoms. The maximum atomic E-state index is 3.87. The van der Waals surface area contributed by atoms with Crippen molar-refractivity contribution in [3.8, 4) is 0 Å². The van der Waals surface area contributed by atoms with E-state index in [1.807, 2.05) is 6.08 Å². The van der Waals surface area contributed by atoms with E-state index in [1.165, 1.54) is 16.7 Å². The molecule has 0 aliphatic heterocycles. The van der Waals surface area contributed by atoms with Crippen LogP contribution in [0.1, 0.15) is 58.2 Å². The van der Waals surface area contributed by atoms with E-state index in [0.717, 1.165) is 6.42 Å². The summed E-state index contributed by atoms with van der Waals surface area (Å²) in [5, 5.41) is 0. The molecule has 0 bridgehead atoms. The molecular formula is C17H26. The molecule has 0 aliphatic carbocycles. The van der Waals surface area contributed by atoms with Gasteiger partial charge in [0.1, 0.15) is 0 Å². The first-order chi connectivity index (χ1) is 7.68. The molecule has 0 radical (unpaired) electrons. The van der Waals surface area contributed by atoms with Crippen LogP contribution in [0.15, 0.2) is 30.9 Å². The Labute approximate surface area is 107 Å². The average molecular weight is 230 g/mol. The third-order valence-electron chi connectivity index (χ3n) is 3.07. The number of rotatable bonds is 2. The zero-order valence-corrected chi connectivity index (χ0v) is 12.2. The maximum absolute atomic E-state index is 3.87. The van der Waals surface area contributed by atoms with E-state index in [4.69, 9.17) is 0 Å². The van der Waals surface area contributed by atoms with Crippen LogP contribution in [-0.2, 0) is 17.3 Å². The topological polar surface area (TPSA) is 0 Å². The highest BCUT2D eigenvalue weighted by atomic mass is 14.3. The van der Waals surface area contributed by atoms with Crippen LogP contribution >= 0.6 is 0 Å². The highest BCUT2D eigenvalue weighted by molar-refractivity contribution is 5.44. The molecule has 0 atom stereocenters. The van der Waals surface area contributed by atoms with Gasteiger partial charge in [-0.2, -0.15) is 0 Å². The van der Waals surface area contributed by atoms with Crippen molar-refractivity contribution in [2.24, 2.45) is 0 Å². The summed E-state index contributed by atoms with van der Waals surface area (Å²) < 4.78 is 0. The van der Waals surface area contributed by atoms with E-state index in [-0.39, 0.29) is 10.8 Å². The molecule has 0 heterocycles. The van der Waals surface area contributed by atoms with Crippen LogP contribution in [0.2, 0.25) is 0 Å². The van der Waals surface area contributed by atoms with Crippen LogP contribution in [-0.4, -0.2) is 0 Å². The van der Waals surface area contributed by atoms with E-state index in [0.29, 0.717) is 0 Å². The van der Waals surface area contributed by atoms with Crippen LogP contribution in [0.5, 0.6) is 0 Å². The molecule has 1 aromatic rings. The van der Waals surface area contributed by atoms with Crippen LogP contribution < -0.4 is 0 Å². The van der Waals surface area contributed by atoms with E-state index in [2.05, 4.69) is 66.3 Å². The average Bonchev–Trinajstić information content (AvgIpc) is 2.14. The first-order valence-electron chi connectivity index (χ1n) is 6.41. The second-order valence-electron chi connectivity index (χ2n) is 6.83. The van der Waals surface area contributed by atoms with Crippen LogP contribution in [0, 0.1) is 0 Å². The van der Waals surface area contributed by atoms with Crippen molar-refractivity contribution < 1.29 is 0 Å². The van der Waals surface area contributed by atoms with Gasteiger partial charge < -0.3 is 0 Å². The van der Waals surface area contributed by atoms with Crippen molar-refractivity contribution in [3.05, 3.63) is 47.5 Å². The SMILES string of the molecule is C=CCc1cccc(C(C)(C)C)c1C(C)(C)C. The van der Waals surface area contributed by atoms with Gasteiger partial charge in [-0.15, -0.1) is 6.58 Å². The minimum Gasteiger partial charge on any atom is -0.103 e. The highest BCUT2D eigenvalue weighted by Crippen LogP contribution is 2.36. The lowest BCUT2D eigenvalue weighted by molar-refractivity contribution is 0.526. The lowest BCUT2D eigenvalue weighted by Crippen LogP contribution is -2.23. The summed E-state index contributed by atoms with van der Waals surface area (Å²) in [6.07, 6.45) is 2.95. The number of allylic oxidation sites excluding steroid dienone is 1. The molecule has 0 aliphatic rings. The fourth-order valence-corrected chi connectivity index (χ4v) is 2.44. The van der Waals surface area contributed by atoms with Crippen molar-refractivity contribution in [1.82, 2.24) is 0 Å². The molecule has 94 valence electrons. The monoisotopic (exact) mass is 230 g/mol. The fourth-order valence-electron chi connectivity index (χ4n) is 2.44. The zero-order chi connectivity index (χ0) is 13.3. The third-order valence-corrected chi connectivity index (χ3v) is 3.07. The molecule has 0 fully saturated rings. The Morgan fingerprint density at radius 1 is 1.00 bits per heavy atom. The quantitative estimate of drug-likeness (QED) is 0.626. The molecule has 0 nitrogen and oxygen atoms in total. The normalized spacial score (nSPS) is 12.6. The summed E-state index contributed by atoms with van der Waals surface area (Å²) in [6, 6.07) is 6.68. The Kier molecular flexibility index (Phi) is 3.86. The summed E-state index contributed by atoms with van der Waals surface area (Å²) in [6.45, 7) is 17.6. The van der Waals surface area contributed by atoms with Gasteiger partial charge in [0, 0.05) is 0 Å². The van der Waals surface area contributed by atoms with Crippen LogP contribution in [0.25, 0.3) is 0 Å². The van der Waals surface area contributed by atoms with E-state index < -0.39 is 0 Å². The molecule has 0 aromatic heterocycles. The summed E-state index contributed by atoms with van der Waals surface area (Å²) >= 11 is 0.